The second-order valence-electron chi connectivity index (χ2n) is 4.88. The molecule has 0 bridgehead atoms. The molecule has 22 heavy (non-hydrogen) atoms. The Morgan fingerprint density at radius 2 is 1.59 bits per heavy atom. The standard InChI is InChI=1S/C17H13F3O2/c18-17(19,20)14-8-4-5-12(9-14)10-15(21)11-16(22)13-6-2-1-3-7-13/h1-9H,10-11H2. The van der Waals surface area contributed by atoms with Gasteiger partial charge in [0.05, 0.1) is 12.0 Å². The van der Waals surface area contributed by atoms with E-state index in [0.29, 0.717) is 5.56 Å². The molecule has 114 valence electrons. The van der Waals surface area contributed by atoms with Gasteiger partial charge in [0.2, 0.25) is 0 Å². The van der Waals surface area contributed by atoms with E-state index < -0.39 is 17.5 Å². The third kappa shape index (κ3) is 4.28. The van der Waals surface area contributed by atoms with Gasteiger partial charge in [-0.1, -0.05) is 48.5 Å². The van der Waals surface area contributed by atoms with Gasteiger partial charge < -0.3 is 0 Å². The predicted octanol–water partition coefficient (Wildman–Crippen LogP) is 4.09. The highest BCUT2D eigenvalue weighted by atomic mass is 19.4. The van der Waals surface area contributed by atoms with Crippen molar-refractivity contribution in [3.8, 4) is 0 Å². The Kier molecular flexibility index (Phi) is 4.75. The first kappa shape index (κ1) is 15.9. The number of hydrogen-bond acceptors (Lipinski definition) is 2. The van der Waals surface area contributed by atoms with E-state index in [1.54, 1.807) is 30.3 Å². The van der Waals surface area contributed by atoms with Crippen molar-refractivity contribution in [3.63, 3.8) is 0 Å². The SMILES string of the molecule is O=C(CC(=O)c1ccccc1)Cc1cccc(C(F)(F)F)c1. The molecule has 0 radical (unpaired) electrons. The third-order valence-electron chi connectivity index (χ3n) is 3.11. The van der Waals surface area contributed by atoms with Crippen LogP contribution in [-0.2, 0) is 17.4 Å². The lowest BCUT2D eigenvalue weighted by Gasteiger charge is -2.08. The zero-order valence-corrected chi connectivity index (χ0v) is 11.6. The number of carbonyl (C=O) groups is 2. The number of Topliss-reactive ketones (excluding diaryl/α,β-unsaturated/α-hetero) is 2. The second kappa shape index (κ2) is 6.56. The molecule has 0 atom stereocenters. The summed E-state index contributed by atoms with van der Waals surface area (Å²) in [4.78, 5) is 23.7. The van der Waals surface area contributed by atoms with Crippen LogP contribution in [0.2, 0.25) is 0 Å². The minimum atomic E-state index is -4.45. The van der Waals surface area contributed by atoms with Gasteiger partial charge >= 0.3 is 6.18 Å². The summed E-state index contributed by atoms with van der Waals surface area (Å²) in [6, 6.07) is 12.9. The maximum absolute atomic E-state index is 12.6. The molecule has 0 aliphatic rings. The van der Waals surface area contributed by atoms with Crippen molar-refractivity contribution >= 4 is 11.6 Å². The molecule has 0 saturated heterocycles. The molecule has 0 aliphatic carbocycles. The van der Waals surface area contributed by atoms with Gasteiger partial charge in [-0.3, -0.25) is 9.59 Å². The molecular weight excluding hydrogens is 293 g/mol. The lowest BCUT2D eigenvalue weighted by Crippen LogP contribution is -2.11. The summed E-state index contributed by atoms with van der Waals surface area (Å²) < 4.78 is 37.8. The molecule has 2 rings (SSSR count). The quantitative estimate of drug-likeness (QED) is 0.616. The molecule has 2 aromatic carbocycles. The van der Waals surface area contributed by atoms with E-state index in [2.05, 4.69) is 0 Å². The molecule has 0 aliphatic heterocycles. The summed E-state index contributed by atoms with van der Waals surface area (Å²) in [5, 5.41) is 0. The Morgan fingerprint density at radius 1 is 0.909 bits per heavy atom. The first-order valence-electron chi connectivity index (χ1n) is 6.62. The number of rotatable bonds is 5. The largest absolute Gasteiger partial charge is 0.416 e. The van der Waals surface area contributed by atoms with Gasteiger partial charge in [-0.15, -0.1) is 0 Å². The highest BCUT2D eigenvalue weighted by Gasteiger charge is 2.30. The zero-order valence-electron chi connectivity index (χ0n) is 11.6. The third-order valence-corrected chi connectivity index (χ3v) is 3.11. The van der Waals surface area contributed by atoms with Crippen LogP contribution < -0.4 is 0 Å². The van der Waals surface area contributed by atoms with Crippen LogP contribution in [0, 0.1) is 0 Å². The van der Waals surface area contributed by atoms with Crippen molar-refractivity contribution in [2.45, 2.75) is 19.0 Å². The van der Waals surface area contributed by atoms with Gasteiger partial charge in [0, 0.05) is 12.0 Å². The molecule has 0 heterocycles. The number of ketones is 2. The smallest absolute Gasteiger partial charge is 0.299 e. The molecular formula is C17H13F3O2. The summed E-state index contributed by atoms with van der Waals surface area (Å²) in [5.41, 5.74) is -0.132. The van der Waals surface area contributed by atoms with E-state index in [-0.39, 0.29) is 24.2 Å². The number of halogens is 3. The van der Waals surface area contributed by atoms with Crippen LogP contribution in [-0.4, -0.2) is 11.6 Å². The second-order valence-corrected chi connectivity index (χ2v) is 4.88. The molecule has 0 unspecified atom stereocenters. The number of alkyl halides is 3. The molecule has 0 saturated carbocycles. The van der Waals surface area contributed by atoms with E-state index in [9.17, 15) is 22.8 Å². The van der Waals surface area contributed by atoms with Crippen LogP contribution in [0.25, 0.3) is 0 Å². The molecule has 0 amide bonds. The van der Waals surface area contributed by atoms with Crippen LogP contribution in [0.4, 0.5) is 13.2 Å². The zero-order chi connectivity index (χ0) is 16.2. The molecule has 0 spiro atoms. The van der Waals surface area contributed by atoms with E-state index in [1.807, 2.05) is 0 Å². The van der Waals surface area contributed by atoms with Gasteiger partial charge in [0.25, 0.3) is 0 Å². The summed E-state index contributed by atoms with van der Waals surface area (Å²) in [7, 11) is 0. The van der Waals surface area contributed by atoms with Crippen LogP contribution in [0.1, 0.15) is 27.9 Å². The van der Waals surface area contributed by atoms with Crippen molar-refractivity contribution < 1.29 is 22.8 Å². The first-order valence-corrected chi connectivity index (χ1v) is 6.62. The van der Waals surface area contributed by atoms with E-state index in [0.717, 1.165) is 12.1 Å². The Morgan fingerprint density at radius 3 is 2.23 bits per heavy atom. The summed E-state index contributed by atoms with van der Waals surface area (Å²) >= 11 is 0. The van der Waals surface area contributed by atoms with Crippen LogP contribution >= 0.6 is 0 Å². The molecule has 5 heteroatoms. The summed E-state index contributed by atoms with van der Waals surface area (Å²) in [6.07, 6.45) is -4.96. The van der Waals surface area contributed by atoms with E-state index >= 15 is 0 Å². The summed E-state index contributed by atoms with van der Waals surface area (Å²) in [6.45, 7) is 0. The monoisotopic (exact) mass is 306 g/mol. The molecule has 0 N–H and O–H groups in total. The molecule has 2 aromatic rings. The fourth-order valence-electron chi connectivity index (χ4n) is 2.05. The highest BCUT2D eigenvalue weighted by molar-refractivity contribution is 6.08. The lowest BCUT2D eigenvalue weighted by molar-refractivity contribution is -0.137. The number of hydrogen-bond donors (Lipinski definition) is 0. The fraction of sp³-hybridized carbons (Fsp3) is 0.176. The van der Waals surface area contributed by atoms with Gasteiger partial charge in [-0.25, -0.2) is 0 Å². The van der Waals surface area contributed by atoms with Crippen molar-refractivity contribution in [2.75, 3.05) is 0 Å². The van der Waals surface area contributed by atoms with Crippen molar-refractivity contribution in [3.05, 3.63) is 71.3 Å². The molecule has 2 nitrogen and oxygen atoms in total. The Bertz CT molecular complexity index is 676. The Balaban J connectivity index is 2.02. The highest BCUT2D eigenvalue weighted by Crippen LogP contribution is 2.29. The average Bonchev–Trinajstić information content (AvgIpc) is 2.47. The average molecular weight is 306 g/mol. The van der Waals surface area contributed by atoms with Crippen LogP contribution in [0.15, 0.2) is 54.6 Å². The predicted molar refractivity (Wildman–Crippen MR) is 75.5 cm³/mol. The van der Waals surface area contributed by atoms with Crippen molar-refractivity contribution in [1.29, 1.82) is 0 Å². The Labute approximate surface area is 125 Å². The molecule has 0 fully saturated rings. The summed E-state index contributed by atoms with van der Waals surface area (Å²) in [5.74, 6) is -0.745. The topological polar surface area (TPSA) is 34.1 Å². The normalized spacial score (nSPS) is 11.2. The van der Waals surface area contributed by atoms with E-state index in [1.165, 1.54) is 12.1 Å². The van der Waals surface area contributed by atoms with Crippen molar-refractivity contribution in [1.82, 2.24) is 0 Å². The maximum Gasteiger partial charge on any atom is 0.416 e. The minimum Gasteiger partial charge on any atom is -0.299 e. The first-order chi connectivity index (χ1) is 10.4. The Hall–Kier alpha value is -2.43. The molecule has 0 aromatic heterocycles. The number of carbonyl (C=O) groups excluding carboxylic acids is 2. The lowest BCUT2D eigenvalue weighted by atomic mass is 10.0. The van der Waals surface area contributed by atoms with Gasteiger partial charge in [-0.05, 0) is 11.6 Å². The number of benzene rings is 2. The van der Waals surface area contributed by atoms with Gasteiger partial charge in [-0.2, -0.15) is 13.2 Å². The maximum atomic E-state index is 12.6. The van der Waals surface area contributed by atoms with Gasteiger partial charge in [0.1, 0.15) is 5.78 Å². The van der Waals surface area contributed by atoms with Crippen LogP contribution in [0.3, 0.4) is 0 Å². The van der Waals surface area contributed by atoms with Gasteiger partial charge in [0.15, 0.2) is 5.78 Å². The fourth-order valence-corrected chi connectivity index (χ4v) is 2.05. The van der Waals surface area contributed by atoms with Crippen LogP contribution in [0.5, 0.6) is 0 Å². The van der Waals surface area contributed by atoms with Crippen molar-refractivity contribution in [2.24, 2.45) is 0 Å². The van der Waals surface area contributed by atoms with E-state index in [4.69, 9.17) is 0 Å². The minimum absolute atomic E-state index is 0.192.